The van der Waals surface area contributed by atoms with Crippen LogP contribution in [0.2, 0.25) is 0 Å². The maximum absolute atomic E-state index is 10.8. The van der Waals surface area contributed by atoms with Crippen molar-refractivity contribution in [2.24, 2.45) is 0 Å². The number of aromatic nitrogens is 1. The summed E-state index contributed by atoms with van der Waals surface area (Å²) in [5.74, 6) is -0.324. The van der Waals surface area contributed by atoms with E-state index < -0.39 is 0 Å². The van der Waals surface area contributed by atoms with E-state index in [-0.39, 0.29) is 12.4 Å². The van der Waals surface area contributed by atoms with Gasteiger partial charge in [-0.1, -0.05) is 6.08 Å². The summed E-state index contributed by atoms with van der Waals surface area (Å²) in [5.41, 5.74) is 1.05. The Labute approximate surface area is 87.6 Å². The molecule has 0 aromatic carbocycles. The van der Waals surface area contributed by atoms with E-state index in [2.05, 4.69) is 9.72 Å². The number of ether oxygens (including phenoxy) is 1. The maximum Gasteiger partial charge on any atom is 0.309 e. The van der Waals surface area contributed by atoms with Gasteiger partial charge in [-0.15, -0.1) is 0 Å². The molecule has 0 spiro atoms. The molecule has 4 nitrogen and oxygen atoms in total. The molecule has 0 aliphatic rings. The van der Waals surface area contributed by atoms with Crippen molar-refractivity contribution in [1.29, 1.82) is 0 Å². The smallest absolute Gasteiger partial charge is 0.309 e. The van der Waals surface area contributed by atoms with E-state index >= 15 is 0 Å². The lowest BCUT2D eigenvalue weighted by molar-refractivity contribution is -0.139. The zero-order valence-electron chi connectivity index (χ0n) is 8.34. The molecule has 1 aromatic rings. The molecule has 4 heteroatoms. The number of pyridine rings is 1. The van der Waals surface area contributed by atoms with E-state index in [0.29, 0.717) is 11.3 Å². The first-order chi connectivity index (χ1) is 7.27. The van der Waals surface area contributed by atoms with Crippen molar-refractivity contribution in [3.8, 4) is 0 Å². The van der Waals surface area contributed by atoms with E-state index in [9.17, 15) is 9.59 Å². The Morgan fingerprint density at radius 3 is 3.07 bits per heavy atom. The number of esters is 1. The van der Waals surface area contributed by atoms with Crippen LogP contribution in [0, 0.1) is 0 Å². The highest BCUT2D eigenvalue weighted by Gasteiger charge is 1.98. The number of hydrogen-bond acceptors (Lipinski definition) is 4. The lowest BCUT2D eigenvalue weighted by Crippen LogP contribution is -1.97. The number of aldehydes is 1. The van der Waals surface area contributed by atoms with Crippen LogP contribution in [-0.4, -0.2) is 24.3 Å². The van der Waals surface area contributed by atoms with Gasteiger partial charge in [0, 0.05) is 11.8 Å². The summed E-state index contributed by atoms with van der Waals surface area (Å²) in [6.07, 6.45) is 5.73. The van der Waals surface area contributed by atoms with Crippen molar-refractivity contribution < 1.29 is 14.3 Å². The molecule has 0 amide bonds. The third kappa shape index (κ3) is 3.34. The topological polar surface area (TPSA) is 56.3 Å². The fourth-order valence-electron chi connectivity index (χ4n) is 1.02. The highest BCUT2D eigenvalue weighted by atomic mass is 16.5. The summed E-state index contributed by atoms with van der Waals surface area (Å²) < 4.78 is 4.46. The fourth-order valence-corrected chi connectivity index (χ4v) is 1.02. The van der Waals surface area contributed by atoms with Crippen LogP contribution in [0.25, 0.3) is 6.08 Å². The standard InChI is InChI=1S/C11H11NO3/c1-15-11(14)6-2-5-10-9(8-13)4-3-7-12-10/h2-5,7-8H,6H2,1H3. The minimum absolute atomic E-state index is 0.172. The molecule has 0 fully saturated rings. The van der Waals surface area contributed by atoms with Crippen LogP contribution < -0.4 is 0 Å². The lowest BCUT2D eigenvalue weighted by atomic mass is 10.2. The Morgan fingerprint density at radius 1 is 1.60 bits per heavy atom. The summed E-state index contributed by atoms with van der Waals surface area (Å²) in [6, 6.07) is 3.35. The van der Waals surface area contributed by atoms with Crippen molar-refractivity contribution in [2.45, 2.75) is 6.42 Å². The van der Waals surface area contributed by atoms with Crippen LogP contribution >= 0.6 is 0 Å². The number of methoxy groups -OCH3 is 1. The summed E-state index contributed by atoms with van der Waals surface area (Å²) in [7, 11) is 1.33. The summed E-state index contributed by atoms with van der Waals surface area (Å²) in [6.45, 7) is 0. The Balaban J connectivity index is 2.71. The van der Waals surface area contributed by atoms with Gasteiger partial charge in [-0.25, -0.2) is 0 Å². The van der Waals surface area contributed by atoms with Crippen LogP contribution in [0.15, 0.2) is 24.4 Å². The first-order valence-corrected chi connectivity index (χ1v) is 4.41. The van der Waals surface area contributed by atoms with Gasteiger partial charge >= 0.3 is 5.97 Å². The van der Waals surface area contributed by atoms with Crippen molar-refractivity contribution in [3.05, 3.63) is 35.7 Å². The molecule has 1 rings (SSSR count). The van der Waals surface area contributed by atoms with Gasteiger partial charge in [0.25, 0.3) is 0 Å². The van der Waals surface area contributed by atoms with Gasteiger partial charge in [0.1, 0.15) is 0 Å². The largest absolute Gasteiger partial charge is 0.469 e. The maximum atomic E-state index is 10.8. The molecule has 0 atom stereocenters. The zero-order chi connectivity index (χ0) is 11.1. The van der Waals surface area contributed by atoms with Gasteiger partial charge in [-0.2, -0.15) is 0 Å². The van der Waals surface area contributed by atoms with Gasteiger partial charge in [0.15, 0.2) is 6.29 Å². The van der Waals surface area contributed by atoms with E-state index in [1.807, 2.05) is 0 Å². The van der Waals surface area contributed by atoms with E-state index in [0.717, 1.165) is 6.29 Å². The summed E-state index contributed by atoms with van der Waals surface area (Å²) >= 11 is 0. The van der Waals surface area contributed by atoms with Gasteiger partial charge < -0.3 is 4.74 Å². The van der Waals surface area contributed by atoms with Crippen molar-refractivity contribution in [2.75, 3.05) is 7.11 Å². The Bertz CT molecular complexity index is 385. The number of carbonyl (C=O) groups is 2. The van der Waals surface area contributed by atoms with Gasteiger partial charge in [-0.3, -0.25) is 14.6 Å². The second-order valence-corrected chi connectivity index (χ2v) is 2.78. The Hall–Kier alpha value is -1.97. The highest BCUT2D eigenvalue weighted by molar-refractivity contribution is 5.81. The summed E-state index contributed by atoms with van der Waals surface area (Å²) in [5, 5.41) is 0. The molecule has 0 aliphatic heterocycles. The van der Waals surface area contributed by atoms with Gasteiger partial charge in [0.2, 0.25) is 0 Å². The first-order valence-electron chi connectivity index (χ1n) is 4.41. The summed E-state index contributed by atoms with van der Waals surface area (Å²) in [4.78, 5) is 25.4. The third-order valence-corrected chi connectivity index (χ3v) is 1.79. The van der Waals surface area contributed by atoms with Crippen molar-refractivity contribution in [3.63, 3.8) is 0 Å². The number of hydrogen-bond donors (Lipinski definition) is 0. The minimum Gasteiger partial charge on any atom is -0.469 e. The predicted molar refractivity (Wildman–Crippen MR) is 55.3 cm³/mol. The molecule has 0 unspecified atom stereocenters. The van der Waals surface area contributed by atoms with Crippen LogP contribution in [0.3, 0.4) is 0 Å². The molecule has 1 heterocycles. The quantitative estimate of drug-likeness (QED) is 0.551. The molecule has 0 aliphatic carbocycles. The molecule has 78 valence electrons. The molecule has 15 heavy (non-hydrogen) atoms. The van der Waals surface area contributed by atoms with Crippen LogP contribution in [0.1, 0.15) is 22.5 Å². The zero-order valence-corrected chi connectivity index (χ0v) is 8.34. The molecule has 0 radical (unpaired) electrons. The van der Waals surface area contributed by atoms with Crippen molar-refractivity contribution >= 4 is 18.3 Å². The fraction of sp³-hybridized carbons (Fsp3) is 0.182. The van der Waals surface area contributed by atoms with Crippen LogP contribution in [0.4, 0.5) is 0 Å². The predicted octanol–water partition coefficient (Wildman–Crippen LogP) is 1.47. The normalized spacial score (nSPS) is 10.2. The lowest BCUT2D eigenvalue weighted by Gasteiger charge is -1.96. The minimum atomic E-state index is -0.324. The van der Waals surface area contributed by atoms with E-state index in [1.54, 1.807) is 30.5 Å². The van der Waals surface area contributed by atoms with E-state index in [4.69, 9.17) is 0 Å². The second-order valence-electron chi connectivity index (χ2n) is 2.78. The molecular weight excluding hydrogens is 194 g/mol. The van der Waals surface area contributed by atoms with Gasteiger partial charge in [0.05, 0.1) is 19.2 Å². The Morgan fingerprint density at radius 2 is 2.40 bits per heavy atom. The monoisotopic (exact) mass is 205 g/mol. The third-order valence-electron chi connectivity index (χ3n) is 1.79. The van der Waals surface area contributed by atoms with E-state index in [1.165, 1.54) is 7.11 Å². The SMILES string of the molecule is COC(=O)CC=Cc1ncccc1C=O. The van der Waals surface area contributed by atoms with Crippen LogP contribution in [0.5, 0.6) is 0 Å². The molecule has 0 saturated heterocycles. The molecule has 0 N–H and O–H groups in total. The number of carbonyl (C=O) groups excluding carboxylic acids is 2. The molecule has 0 bridgehead atoms. The van der Waals surface area contributed by atoms with Gasteiger partial charge in [-0.05, 0) is 18.2 Å². The van der Waals surface area contributed by atoms with Crippen LogP contribution in [-0.2, 0) is 9.53 Å². The number of rotatable bonds is 4. The molecule has 1 aromatic heterocycles. The van der Waals surface area contributed by atoms with Crippen molar-refractivity contribution in [1.82, 2.24) is 4.98 Å². The first kappa shape index (κ1) is 11.1. The average molecular weight is 205 g/mol. The molecular formula is C11H11NO3. The average Bonchev–Trinajstić information content (AvgIpc) is 2.29. The highest BCUT2D eigenvalue weighted by Crippen LogP contribution is 2.05. The number of nitrogens with zero attached hydrogens (tertiary/aromatic N) is 1. The Kier molecular flexibility index (Phi) is 4.22. The second kappa shape index (κ2) is 5.70. The molecule has 0 saturated carbocycles.